The Hall–Kier alpha value is -3.97. The highest BCUT2D eigenvalue weighted by molar-refractivity contribution is 14.1. The SMILES string of the molecule is COc1ccc(C2C3=C(N=c4s/c(=C\c5cc(I)c(O)c([N+](=O)[O-])c5)c(=O)n42)c2ccccc2CC3)cc1OC. The highest BCUT2D eigenvalue weighted by Gasteiger charge is 2.33. The van der Waals surface area contributed by atoms with Crippen molar-refractivity contribution < 1.29 is 19.5 Å². The smallest absolute Gasteiger partial charge is 0.312 e. The van der Waals surface area contributed by atoms with E-state index in [1.165, 1.54) is 23.0 Å². The summed E-state index contributed by atoms with van der Waals surface area (Å²) in [5, 5.41) is 21.6. The molecule has 0 saturated heterocycles. The molecule has 1 N–H and O–H groups in total. The van der Waals surface area contributed by atoms with Crippen LogP contribution in [0.1, 0.15) is 34.7 Å². The van der Waals surface area contributed by atoms with E-state index in [1.807, 2.05) is 52.9 Å². The number of hydrogen-bond acceptors (Lipinski definition) is 8. The van der Waals surface area contributed by atoms with Gasteiger partial charge in [-0.3, -0.25) is 19.5 Å². The van der Waals surface area contributed by atoms with E-state index in [2.05, 4.69) is 12.1 Å². The second kappa shape index (κ2) is 10.2. The van der Waals surface area contributed by atoms with Crippen molar-refractivity contribution >= 4 is 51.4 Å². The topological polar surface area (TPSA) is 116 Å². The van der Waals surface area contributed by atoms with Gasteiger partial charge in [0, 0.05) is 11.6 Å². The second-order valence-electron chi connectivity index (χ2n) is 9.36. The Bertz CT molecular complexity index is 1930. The maximum absolute atomic E-state index is 14.0. The summed E-state index contributed by atoms with van der Waals surface area (Å²) in [5.41, 5.74) is 4.81. The van der Waals surface area contributed by atoms with Crippen LogP contribution in [0.3, 0.4) is 0 Å². The number of aromatic nitrogens is 1. The number of nitro benzene ring substituents is 1. The van der Waals surface area contributed by atoms with Gasteiger partial charge in [-0.1, -0.05) is 41.7 Å². The highest BCUT2D eigenvalue weighted by Crippen LogP contribution is 2.43. The zero-order chi connectivity index (χ0) is 28.1. The second-order valence-corrected chi connectivity index (χ2v) is 11.5. The standard InChI is InChI=1S/C29H22IN3O6S/c1-38-22-10-8-17(14-23(22)39-2)26-19-9-7-16-5-3-4-6-18(16)25(19)31-29-32(26)28(35)24(40-29)13-15-11-20(30)27(34)21(12-15)33(36)37/h3-6,8,10-14,26,34H,7,9H2,1-2H3/b24-13-. The van der Waals surface area contributed by atoms with Crippen LogP contribution in [0.15, 0.2) is 70.0 Å². The summed E-state index contributed by atoms with van der Waals surface area (Å²) in [6.07, 6.45) is 3.18. The van der Waals surface area contributed by atoms with Crippen molar-refractivity contribution in [2.75, 3.05) is 14.2 Å². The number of nitrogens with zero attached hydrogens (tertiary/aromatic N) is 3. The third kappa shape index (κ3) is 4.29. The maximum Gasteiger partial charge on any atom is 0.312 e. The Morgan fingerprint density at radius 2 is 1.90 bits per heavy atom. The van der Waals surface area contributed by atoms with E-state index in [9.17, 15) is 20.0 Å². The van der Waals surface area contributed by atoms with Crippen LogP contribution in [0.4, 0.5) is 5.69 Å². The number of fused-ring (bicyclic) bond motifs is 3. The third-order valence-electron chi connectivity index (χ3n) is 7.16. The first-order valence-electron chi connectivity index (χ1n) is 12.3. The molecule has 1 aromatic heterocycles. The molecular weight excluding hydrogens is 645 g/mol. The van der Waals surface area contributed by atoms with Gasteiger partial charge >= 0.3 is 5.69 Å². The summed E-state index contributed by atoms with van der Waals surface area (Å²) in [5.74, 6) is 0.748. The van der Waals surface area contributed by atoms with Crippen LogP contribution in [-0.2, 0) is 6.42 Å². The zero-order valence-electron chi connectivity index (χ0n) is 21.4. The van der Waals surface area contributed by atoms with Crippen molar-refractivity contribution in [3.05, 3.63) is 116 Å². The Morgan fingerprint density at radius 3 is 2.65 bits per heavy atom. The van der Waals surface area contributed by atoms with Crippen molar-refractivity contribution in [3.63, 3.8) is 0 Å². The lowest BCUT2D eigenvalue weighted by molar-refractivity contribution is -0.386. The van der Waals surface area contributed by atoms with Crippen molar-refractivity contribution in [2.45, 2.75) is 18.9 Å². The molecule has 6 rings (SSSR count). The molecule has 11 heteroatoms. The fraction of sp³-hybridized carbons (Fsp3) is 0.172. The lowest BCUT2D eigenvalue weighted by atomic mass is 9.83. The van der Waals surface area contributed by atoms with Crippen molar-refractivity contribution in [1.82, 2.24) is 4.57 Å². The number of thiazole rings is 1. The van der Waals surface area contributed by atoms with Crippen LogP contribution < -0.4 is 24.4 Å². The van der Waals surface area contributed by atoms with Crippen LogP contribution in [0, 0.1) is 13.7 Å². The molecule has 4 aromatic rings. The molecule has 1 aliphatic carbocycles. The number of ether oxygens (including phenoxy) is 2. The first kappa shape index (κ1) is 26.3. The first-order chi connectivity index (χ1) is 19.3. The number of hydrogen-bond donors (Lipinski definition) is 1. The molecule has 0 saturated carbocycles. The van der Waals surface area contributed by atoms with E-state index < -0.39 is 22.4 Å². The highest BCUT2D eigenvalue weighted by atomic mass is 127. The first-order valence-corrected chi connectivity index (χ1v) is 14.2. The van der Waals surface area contributed by atoms with Gasteiger partial charge in [0.15, 0.2) is 16.3 Å². The van der Waals surface area contributed by atoms with Gasteiger partial charge in [0.1, 0.15) is 0 Å². The van der Waals surface area contributed by atoms with E-state index in [0.29, 0.717) is 30.0 Å². The fourth-order valence-corrected chi connectivity index (χ4v) is 6.96. The number of phenolic OH excluding ortho intramolecular Hbond substituents is 1. The van der Waals surface area contributed by atoms with E-state index in [4.69, 9.17) is 14.5 Å². The van der Waals surface area contributed by atoms with Gasteiger partial charge < -0.3 is 14.6 Å². The number of halogens is 1. The molecule has 2 heterocycles. The minimum absolute atomic E-state index is 0.250. The molecule has 0 amide bonds. The molecule has 1 aliphatic heterocycles. The van der Waals surface area contributed by atoms with E-state index in [-0.39, 0.29) is 5.56 Å². The molecule has 202 valence electrons. The number of nitro groups is 1. The van der Waals surface area contributed by atoms with Crippen molar-refractivity contribution in [2.24, 2.45) is 4.99 Å². The summed E-state index contributed by atoms with van der Waals surface area (Å²) in [4.78, 5) is 30.4. The number of aryl methyl sites for hydroxylation is 1. The molecule has 1 atom stereocenters. The van der Waals surface area contributed by atoms with Gasteiger partial charge in [0.05, 0.1) is 39.0 Å². The molecule has 0 radical (unpaired) electrons. The van der Waals surface area contributed by atoms with Gasteiger partial charge in [-0.15, -0.1) is 0 Å². The zero-order valence-corrected chi connectivity index (χ0v) is 24.4. The lowest BCUT2D eigenvalue weighted by Crippen LogP contribution is -2.38. The quantitative estimate of drug-likeness (QED) is 0.190. The van der Waals surface area contributed by atoms with E-state index in [1.54, 1.807) is 30.9 Å². The Morgan fingerprint density at radius 1 is 1.12 bits per heavy atom. The average molecular weight is 667 g/mol. The summed E-state index contributed by atoms with van der Waals surface area (Å²) in [6.45, 7) is 0. The number of methoxy groups -OCH3 is 2. The minimum atomic E-state index is -0.640. The van der Waals surface area contributed by atoms with E-state index >= 15 is 0 Å². The molecule has 3 aromatic carbocycles. The van der Waals surface area contributed by atoms with Crippen LogP contribution in [-0.4, -0.2) is 28.8 Å². The number of aromatic hydroxyl groups is 1. The van der Waals surface area contributed by atoms with Crippen LogP contribution in [0.5, 0.6) is 17.2 Å². The summed E-state index contributed by atoms with van der Waals surface area (Å²) in [7, 11) is 3.15. The fourth-order valence-electron chi connectivity index (χ4n) is 5.32. The van der Waals surface area contributed by atoms with Crippen LogP contribution in [0.2, 0.25) is 0 Å². The molecule has 0 bridgehead atoms. The van der Waals surface area contributed by atoms with Crippen molar-refractivity contribution in [3.8, 4) is 17.2 Å². The number of benzene rings is 3. The van der Waals surface area contributed by atoms with Crippen LogP contribution >= 0.6 is 33.9 Å². The average Bonchev–Trinajstić information content (AvgIpc) is 3.27. The normalized spacial score (nSPS) is 16.1. The van der Waals surface area contributed by atoms with E-state index in [0.717, 1.165) is 35.2 Å². The maximum atomic E-state index is 14.0. The largest absolute Gasteiger partial charge is 0.501 e. The Balaban J connectivity index is 1.61. The van der Waals surface area contributed by atoms with Gasteiger partial charge in [0.2, 0.25) is 5.75 Å². The predicted molar refractivity (Wildman–Crippen MR) is 160 cm³/mol. The summed E-state index contributed by atoms with van der Waals surface area (Å²) < 4.78 is 13.4. The molecular formula is C29H22IN3O6S. The summed E-state index contributed by atoms with van der Waals surface area (Å²) in [6, 6.07) is 16.3. The van der Waals surface area contributed by atoms with Gasteiger partial charge in [-0.25, -0.2) is 4.99 Å². The monoisotopic (exact) mass is 667 g/mol. The van der Waals surface area contributed by atoms with Gasteiger partial charge in [0.25, 0.3) is 5.56 Å². The minimum Gasteiger partial charge on any atom is -0.501 e. The Kier molecular flexibility index (Phi) is 6.70. The van der Waals surface area contributed by atoms with Crippen molar-refractivity contribution in [1.29, 1.82) is 0 Å². The molecule has 2 aliphatic rings. The number of rotatable bonds is 5. The number of phenols is 1. The van der Waals surface area contributed by atoms with Gasteiger partial charge in [-0.05, 0) is 82.0 Å². The molecule has 40 heavy (non-hydrogen) atoms. The molecule has 0 fully saturated rings. The van der Waals surface area contributed by atoms with Gasteiger partial charge in [-0.2, -0.15) is 0 Å². The predicted octanol–water partition coefficient (Wildman–Crippen LogP) is 4.55. The molecule has 1 unspecified atom stereocenters. The molecule has 0 spiro atoms. The van der Waals surface area contributed by atoms with Crippen LogP contribution in [0.25, 0.3) is 11.8 Å². The Labute approximate surface area is 245 Å². The third-order valence-corrected chi connectivity index (χ3v) is 8.96. The summed E-state index contributed by atoms with van der Waals surface area (Å²) >= 11 is 3.07. The number of allylic oxidation sites excluding steroid dienone is 1. The lowest BCUT2D eigenvalue weighted by Gasteiger charge is -2.31. The molecule has 9 nitrogen and oxygen atoms in total.